The summed E-state index contributed by atoms with van der Waals surface area (Å²) in [5.41, 5.74) is 2.85. The molecule has 2 N–H and O–H groups in total. The van der Waals surface area contributed by atoms with Gasteiger partial charge in [-0.05, 0) is 43.4 Å². The Hall–Kier alpha value is -2.04. The van der Waals surface area contributed by atoms with Gasteiger partial charge in [0.15, 0.2) is 0 Å². The highest BCUT2D eigenvalue weighted by Gasteiger charge is 2.34. The maximum Gasteiger partial charge on any atom is 0.305 e. The van der Waals surface area contributed by atoms with Gasteiger partial charge in [-0.2, -0.15) is 0 Å². The molecule has 5 heteroatoms. The van der Waals surface area contributed by atoms with Gasteiger partial charge in [0.2, 0.25) is 0 Å². The van der Waals surface area contributed by atoms with E-state index in [1.54, 1.807) is 4.90 Å². The van der Waals surface area contributed by atoms with Crippen LogP contribution in [0.1, 0.15) is 41.6 Å². The molecule has 0 radical (unpaired) electrons. The number of hydrogen-bond donors (Lipinski definition) is 2. The molecule has 1 aromatic carbocycles. The third-order valence-corrected chi connectivity index (χ3v) is 4.14. The van der Waals surface area contributed by atoms with Crippen LogP contribution in [0.5, 0.6) is 0 Å². The number of rotatable bonds is 5. The van der Waals surface area contributed by atoms with Crippen molar-refractivity contribution in [2.45, 2.75) is 38.1 Å². The number of aliphatic carboxylic acids is 1. The fourth-order valence-corrected chi connectivity index (χ4v) is 2.92. The van der Waals surface area contributed by atoms with Gasteiger partial charge in [-0.25, -0.2) is 0 Å². The van der Waals surface area contributed by atoms with Gasteiger partial charge < -0.3 is 15.3 Å². The molecule has 0 atom stereocenters. The Morgan fingerprint density at radius 2 is 2.14 bits per heavy atom. The summed E-state index contributed by atoms with van der Waals surface area (Å²) in [7, 11) is 0. The fourth-order valence-electron chi connectivity index (χ4n) is 2.92. The Morgan fingerprint density at radius 1 is 1.33 bits per heavy atom. The molecule has 0 bridgehead atoms. The lowest BCUT2D eigenvalue weighted by Gasteiger charge is -2.26. The van der Waals surface area contributed by atoms with Gasteiger partial charge >= 0.3 is 5.97 Å². The Labute approximate surface area is 123 Å². The molecule has 1 fully saturated rings. The van der Waals surface area contributed by atoms with Crippen molar-refractivity contribution in [2.24, 2.45) is 0 Å². The van der Waals surface area contributed by atoms with Crippen molar-refractivity contribution < 1.29 is 14.7 Å². The first-order valence-electron chi connectivity index (χ1n) is 7.55. The molecule has 1 amide bonds. The SMILES string of the molecule is O=C(O)CCN(C(=O)c1cccc2c1CCCN2)C1CC1. The summed E-state index contributed by atoms with van der Waals surface area (Å²) in [6, 6.07) is 5.99. The first-order chi connectivity index (χ1) is 10.2. The van der Waals surface area contributed by atoms with Crippen LogP contribution < -0.4 is 5.32 Å². The van der Waals surface area contributed by atoms with E-state index >= 15 is 0 Å². The normalized spacial score (nSPS) is 16.8. The lowest BCUT2D eigenvalue weighted by atomic mass is 9.96. The van der Waals surface area contributed by atoms with E-state index in [4.69, 9.17) is 5.11 Å². The Morgan fingerprint density at radius 3 is 2.86 bits per heavy atom. The lowest BCUT2D eigenvalue weighted by molar-refractivity contribution is -0.137. The van der Waals surface area contributed by atoms with Gasteiger partial charge in [0, 0.05) is 30.4 Å². The summed E-state index contributed by atoms with van der Waals surface area (Å²) in [4.78, 5) is 25.4. The second kappa shape index (κ2) is 5.76. The molecule has 0 aromatic heterocycles. The van der Waals surface area contributed by atoms with E-state index in [1.807, 2.05) is 18.2 Å². The summed E-state index contributed by atoms with van der Waals surface area (Å²) in [6.07, 6.45) is 3.91. The molecule has 1 aliphatic carbocycles. The minimum atomic E-state index is -0.856. The molecule has 0 spiro atoms. The average Bonchev–Trinajstić information content (AvgIpc) is 3.31. The van der Waals surface area contributed by atoms with E-state index in [0.717, 1.165) is 49.0 Å². The Balaban J connectivity index is 1.84. The van der Waals surface area contributed by atoms with Crippen molar-refractivity contribution in [3.05, 3.63) is 29.3 Å². The molecule has 0 unspecified atom stereocenters. The summed E-state index contributed by atoms with van der Waals surface area (Å²) in [6.45, 7) is 1.24. The Kier molecular flexibility index (Phi) is 3.82. The molecule has 2 aliphatic rings. The lowest BCUT2D eigenvalue weighted by Crippen LogP contribution is -2.36. The molecule has 0 saturated heterocycles. The molecular formula is C16H20N2O3. The summed E-state index contributed by atoms with van der Waals surface area (Å²) in [5.74, 6) is -0.871. The van der Waals surface area contributed by atoms with E-state index in [1.165, 1.54) is 0 Å². The largest absolute Gasteiger partial charge is 0.481 e. The van der Waals surface area contributed by atoms with Crippen LogP contribution in [0.4, 0.5) is 5.69 Å². The van der Waals surface area contributed by atoms with Gasteiger partial charge in [-0.15, -0.1) is 0 Å². The number of carbonyl (C=O) groups excluding carboxylic acids is 1. The Bertz CT molecular complexity index is 567. The number of nitrogens with zero attached hydrogens (tertiary/aromatic N) is 1. The molecule has 5 nitrogen and oxygen atoms in total. The molecule has 1 aliphatic heterocycles. The van der Waals surface area contributed by atoms with Crippen LogP contribution in [0, 0.1) is 0 Å². The van der Waals surface area contributed by atoms with E-state index in [0.29, 0.717) is 6.54 Å². The highest BCUT2D eigenvalue weighted by atomic mass is 16.4. The smallest absolute Gasteiger partial charge is 0.305 e. The second-order valence-electron chi connectivity index (χ2n) is 5.74. The molecular weight excluding hydrogens is 268 g/mol. The number of nitrogens with one attached hydrogen (secondary N) is 1. The zero-order chi connectivity index (χ0) is 14.8. The first-order valence-corrected chi connectivity index (χ1v) is 7.55. The van der Waals surface area contributed by atoms with Gasteiger partial charge in [0.05, 0.1) is 6.42 Å². The average molecular weight is 288 g/mol. The maximum atomic E-state index is 12.8. The third kappa shape index (κ3) is 3.01. The van der Waals surface area contributed by atoms with Crippen molar-refractivity contribution >= 4 is 17.6 Å². The van der Waals surface area contributed by atoms with Gasteiger partial charge in [0.25, 0.3) is 5.91 Å². The van der Waals surface area contributed by atoms with Crippen molar-refractivity contribution in [1.82, 2.24) is 4.90 Å². The van der Waals surface area contributed by atoms with Crippen LogP contribution in [-0.2, 0) is 11.2 Å². The van der Waals surface area contributed by atoms with Crippen molar-refractivity contribution in [2.75, 3.05) is 18.4 Å². The van der Waals surface area contributed by atoms with E-state index in [2.05, 4.69) is 5.32 Å². The quantitative estimate of drug-likeness (QED) is 0.870. The van der Waals surface area contributed by atoms with Crippen molar-refractivity contribution in [1.29, 1.82) is 0 Å². The predicted molar refractivity (Wildman–Crippen MR) is 79.6 cm³/mol. The molecule has 21 heavy (non-hydrogen) atoms. The van der Waals surface area contributed by atoms with Crippen LogP contribution in [-0.4, -0.2) is 41.0 Å². The minimum Gasteiger partial charge on any atom is -0.481 e. The van der Waals surface area contributed by atoms with Gasteiger partial charge in [-0.1, -0.05) is 6.07 Å². The number of hydrogen-bond acceptors (Lipinski definition) is 3. The van der Waals surface area contributed by atoms with E-state index in [9.17, 15) is 9.59 Å². The topological polar surface area (TPSA) is 69.6 Å². The molecule has 1 saturated carbocycles. The fraction of sp³-hybridized carbons (Fsp3) is 0.500. The predicted octanol–water partition coefficient (Wildman–Crippen LogP) is 2.12. The van der Waals surface area contributed by atoms with E-state index < -0.39 is 5.97 Å². The summed E-state index contributed by atoms with van der Waals surface area (Å²) >= 11 is 0. The second-order valence-corrected chi connectivity index (χ2v) is 5.74. The molecule has 1 heterocycles. The highest BCUT2D eigenvalue weighted by Crippen LogP contribution is 2.31. The number of fused-ring (bicyclic) bond motifs is 1. The number of anilines is 1. The standard InChI is InChI=1S/C16H20N2O3/c19-15(20)8-10-18(11-6-7-11)16(21)13-3-1-5-14-12(13)4-2-9-17-14/h1,3,5,11,17H,2,4,6-10H2,(H,19,20). The minimum absolute atomic E-state index is 0.00944. The van der Waals surface area contributed by atoms with Crippen LogP contribution in [0.3, 0.4) is 0 Å². The number of benzene rings is 1. The molecule has 1 aromatic rings. The van der Waals surface area contributed by atoms with Crippen molar-refractivity contribution in [3.8, 4) is 0 Å². The third-order valence-electron chi connectivity index (χ3n) is 4.14. The van der Waals surface area contributed by atoms with Crippen LogP contribution >= 0.6 is 0 Å². The van der Waals surface area contributed by atoms with Gasteiger partial charge in [-0.3, -0.25) is 9.59 Å². The monoisotopic (exact) mass is 288 g/mol. The number of carboxylic acid groups (broad SMARTS) is 1. The number of amides is 1. The van der Waals surface area contributed by atoms with E-state index in [-0.39, 0.29) is 18.4 Å². The van der Waals surface area contributed by atoms with Crippen LogP contribution in [0.2, 0.25) is 0 Å². The number of carbonyl (C=O) groups is 2. The number of carboxylic acids is 1. The zero-order valence-corrected chi connectivity index (χ0v) is 12.0. The molecule has 112 valence electrons. The molecule has 3 rings (SSSR count). The highest BCUT2D eigenvalue weighted by molar-refractivity contribution is 5.97. The van der Waals surface area contributed by atoms with Gasteiger partial charge in [0.1, 0.15) is 0 Å². The van der Waals surface area contributed by atoms with Crippen LogP contribution in [0.15, 0.2) is 18.2 Å². The zero-order valence-electron chi connectivity index (χ0n) is 12.0. The summed E-state index contributed by atoms with van der Waals surface area (Å²) in [5, 5.41) is 12.2. The summed E-state index contributed by atoms with van der Waals surface area (Å²) < 4.78 is 0. The maximum absolute atomic E-state index is 12.8. The van der Waals surface area contributed by atoms with Crippen LogP contribution in [0.25, 0.3) is 0 Å². The van der Waals surface area contributed by atoms with Crippen molar-refractivity contribution in [3.63, 3.8) is 0 Å². The first kappa shape index (κ1) is 13.9.